The fourth-order valence-electron chi connectivity index (χ4n) is 6.75. The van der Waals surface area contributed by atoms with E-state index in [0.29, 0.717) is 18.1 Å². The lowest BCUT2D eigenvalue weighted by Crippen LogP contribution is -2.61. The van der Waals surface area contributed by atoms with Crippen LogP contribution in [-0.4, -0.2) is 56.0 Å². The van der Waals surface area contributed by atoms with Crippen LogP contribution >= 0.6 is 11.6 Å². The Labute approximate surface area is 277 Å². The molecule has 2 N–H and O–H groups in total. The van der Waals surface area contributed by atoms with Crippen LogP contribution in [-0.2, 0) is 14.3 Å². The summed E-state index contributed by atoms with van der Waals surface area (Å²) in [5.74, 6) is -0.566. The van der Waals surface area contributed by atoms with Crippen molar-refractivity contribution in [2.45, 2.75) is 94.9 Å². The number of fused-ring (bicyclic) bond motifs is 11. The highest BCUT2D eigenvalue weighted by Crippen LogP contribution is 2.45. The van der Waals surface area contributed by atoms with Gasteiger partial charge in [0.05, 0.1) is 17.7 Å². The van der Waals surface area contributed by atoms with Crippen molar-refractivity contribution in [1.29, 1.82) is 0 Å². The van der Waals surface area contributed by atoms with Crippen molar-refractivity contribution in [2.24, 2.45) is 5.92 Å². The van der Waals surface area contributed by atoms with Gasteiger partial charge in [0.25, 0.3) is 11.8 Å². The Kier molecular flexibility index (Phi) is 11.3. The lowest BCUT2D eigenvalue weighted by atomic mass is 9.63. The van der Waals surface area contributed by atoms with Crippen molar-refractivity contribution in [1.82, 2.24) is 10.6 Å². The molecule has 1 heterocycles. The number of carbonyl (C=O) groups is 3. The number of benzene rings is 2. The average molecular weight is 679 g/mol. The van der Waals surface area contributed by atoms with Crippen molar-refractivity contribution in [3.63, 3.8) is 0 Å². The standard InChI is InChI=1S/C34H41ClF2N2O8/c1-43-32(42)26-15-24(11-13-27(26)35)45-21-31(41)39-33-17-22(18-33)9-7-5-3-2-4-6-8-10-23(19-33)38-30(40)20-44-25-12-14-28-29(16-25)47-34(36,37)46-28/h11-16,22-23H,2-10,17-21H2,1H3,(H,38,40)(H,39,41). The summed E-state index contributed by atoms with van der Waals surface area (Å²) in [6, 6.07) is 8.30. The first-order chi connectivity index (χ1) is 22.5. The third kappa shape index (κ3) is 9.62. The normalized spacial score (nSPS) is 23.7. The molecule has 1 atom stereocenters. The van der Waals surface area contributed by atoms with Crippen LogP contribution in [0.4, 0.5) is 8.78 Å². The van der Waals surface area contributed by atoms with Crippen molar-refractivity contribution in [3.8, 4) is 23.0 Å². The monoisotopic (exact) mass is 678 g/mol. The van der Waals surface area contributed by atoms with Gasteiger partial charge in [-0.15, -0.1) is 8.78 Å². The molecule has 6 rings (SSSR count). The van der Waals surface area contributed by atoms with Crippen LogP contribution in [0.3, 0.4) is 0 Å². The largest absolute Gasteiger partial charge is 0.586 e. The second-order valence-electron chi connectivity index (χ2n) is 12.6. The lowest BCUT2D eigenvalue weighted by molar-refractivity contribution is -0.286. The number of hydrogen-bond donors (Lipinski definition) is 2. The van der Waals surface area contributed by atoms with E-state index < -0.39 is 17.8 Å². The van der Waals surface area contributed by atoms with E-state index in [1.165, 1.54) is 56.7 Å². The van der Waals surface area contributed by atoms with E-state index in [0.717, 1.165) is 51.4 Å². The third-order valence-electron chi connectivity index (χ3n) is 8.89. The van der Waals surface area contributed by atoms with Crippen molar-refractivity contribution in [2.75, 3.05) is 20.3 Å². The summed E-state index contributed by atoms with van der Waals surface area (Å²) in [5.41, 5.74) is -0.366. The number of rotatable bonds is 9. The highest BCUT2D eigenvalue weighted by atomic mass is 35.5. The van der Waals surface area contributed by atoms with Crippen LogP contribution in [0.1, 0.15) is 87.4 Å². The Balaban J connectivity index is 1.21. The summed E-state index contributed by atoms with van der Waals surface area (Å²) in [4.78, 5) is 38.3. The predicted octanol–water partition coefficient (Wildman–Crippen LogP) is 6.57. The third-order valence-corrected chi connectivity index (χ3v) is 9.22. The molecule has 0 radical (unpaired) electrons. The maximum Gasteiger partial charge on any atom is 0.586 e. The second-order valence-corrected chi connectivity index (χ2v) is 13.0. The summed E-state index contributed by atoms with van der Waals surface area (Å²) >= 11 is 6.10. The average Bonchev–Trinajstić information content (AvgIpc) is 3.33. The number of amides is 2. The molecule has 2 amide bonds. The molecule has 256 valence electrons. The number of alkyl halides is 2. The van der Waals surface area contributed by atoms with Gasteiger partial charge in [0.2, 0.25) is 0 Å². The fraction of sp³-hybridized carbons (Fsp3) is 0.559. The zero-order valence-electron chi connectivity index (χ0n) is 26.4. The molecule has 0 saturated heterocycles. The van der Waals surface area contributed by atoms with E-state index in [-0.39, 0.29) is 58.9 Å². The van der Waals surface area contributed by atoms with Gasteiger partial charge in [-0.3, -0.25) is 9.59 Å². The second kappa shape index (κ2) is 15.4. The van der Waals surface area contributed by atoms with Crippen molar-refractivity contribution >= 4 is 29.4 Å². The zero-order valence-corrected chi connectivity index (χ0v) is 27.2. The molecule has 1 unspecified atom stereocenters. The number of carbonyl (C=O) groups excluding carboxylic acids is 3. The Morgan fingerprint density at radius 3 is 2.17 bits per heavy atom. The number of hydrogen-bond acceptors (Lipinski definition) is 8. The van der Waals surface area contributed by atoms with E-state index in [1.807, 2.05) is 0 Å². The molecule has 2 aromatic rings. The summed E-state index contributed by atoms with van der Waals surface area (Å²) < 4.78 is 51.7. The molecular formula is C34H41ClF2N2O8. The molecule has 2 bridgehead atoms. The first kappa shape index (κ1) is 34.5. The maximum atomic E-state index is 13.4. The molecule has 13 heteroatoms. The lowest BCUT2D eigenvalue weighted by Gasteiger charge is -2.50. The number of nitrogens with one attached hydrogen (secondary N) is 2. The van der Waals surface area contributed by atoms with Gasteiger partial charge >= 0.3 is 12.3 Å². The van der Waals surface area contributed by atoms with Crippen LogP contribution in [0.2, 0.25) is 5.02 Å². The summed E-state index contributed by atoms with van der Waals surface area (Å²) in [5, 5.41) is 6.52. The Morgan fingerprint density at radius 2 is 1.45 bits per heavy atom. The summed E-state index contributed by atoms with van der Waals surface area (Å²) in [6.07, 6.45) is 8.15. The molecule has 3 fully saturated rings. The SMILES string of the molecule is COC(=O)c1cc(OCC(=O)NC23CC(CCCCCCCCCC(NC(=O)COc4ccc5c(c4)OC(F)(F)O5)C2)C3)ccc1Cl. The Bertz CT molecular complexity index is 1430. The molecule has 1 aliphatic heterocycles. The number of esters is 1. The van der Waals surface area contributed by atoms with Gasteiger partial charge in [0.15, 0.2) is 24.7 Å². The van der Waals surface area contributed by atoms with Gasteiger partial charge in [-0.25, -0.2) is 4.79 Å². The number of methoxy groups -OCH3 is 1. The van der Waals surface area contributed by atoms with Crippen LogP contribution < -0.4 is 29.6 Å². The number of halogens is 3. The first-order valence-corrected chi connectivity index (χ1v) is 16.5. The maximum absolute atomic E-state index is 13.4. The van der Waals surface area contributed by atoms with E-state index in [2.05, 4.69) is 20.1 Å². The van der Waals surface area contributed by atoms with Crippen LogP contribution in [0.25, 0.3) is 0 Å². The molecule has 3 saturated carbocycles. The van der Waals surface area contributed by atoms with Gasteiger partial charge in [-0.05, 0) is 61.9 Å². The molecule has 4 aliphatic rings. The number of ether oxygens (including phenoxy) is 5. The minimum atomic E-state index is -3.74. The topological polar surface area (TPSA) is 121 Å². The van der Waals surface area contributed by atoms with Gasteiger partial charge in [0, 0.05) is 17.6 Å². The minimum absolute atomic E-state index is 0.109. The van der Waals surface area contributed by atoms with Crippen LogP contribution in [0, 0.1) is 5.92 Å². The van der Waals surface area contributed by atoms with E-state index in [9.17, 15) is 23.2 Å². The zero-order chi connectivity index (χ0) is 33.4. The highest BCUT2D eigenvalue weighted by Gasteiger charge is 2.46. The molecule has 0 spiro atoms. The molecule has 10 nitrogen and oxygen atoms in total. The van der Waals surface area contributed by atoms with Gasteiger partial charge < -0.3 is 34.3 Å². The van der Waals surface area contributed by atoms with Crippen molar-refractivity contribution in [3.05, 3.63) is 47.0 Å². The quantitative estimate of drug-likeness (QED) is 0.286. The van der Waals surface area contributed by atoms with Crippen molar-refractivity contribution < 1.29 is 46.8 Å². The molecular weight excluding hydrogens is 638 g/mol. The fourth-order valence-corrected chi connectivity index (χ4v) is 6.95. The van der Waals surface area contributed by atoms with E-state index in [1.54, 1.807) is 6.07 Å². The molecule has 0 aromatic heterocycles. The smallest absolute Gasteiger partial charge is 0.484 e. The first-order valence-electron chi connectivity index (χ1n) is 16.2. The van der Waals surface area contributed by atoms with Gasteiger partial charge in [-0.2, -0.15) is 0 Å². The molecule has 3 aliphatic carbocycles. The van der Waals surface area contributed by atoms with E-state index in [4.69, 9.17) is 25.8 Å². The Morgan fingerprint density at radius 1 is 0.830 bits per heavy atom. The minimum Gasteiger partial charge on any atom is -0.484 e. The Hall–Kier alpha value is -3.80. The van der Waals surface area contributed by atoms with Gasteiger partial charge in [0.1, 0.15) is 11.5 Å². The highest BCUT2D eigenvalue weighted by molar-refractivity contribution is 6.33. The van der Waals surface area contributed by atoms with Gasteiger partial charge in [-0.1, -0.05) is 63.0 Å². The van der Waals surface area contributed by atoms with Crippen LogP contribution in [0.5, 0.6) is 23.0 Å². The molecule has 47 heavy (non-hydrogen) atoms. The summed E-state index contributed by atoms with van der Waals surface area (Å²) in [7, 11) is 1.25. The summed E-state index contributed by atoms with van der Waals surface area (Å²) in [6.45, 7) is -0.585. The van der Waals surface area contributed by atoms with Crippen LogP contribution in [0.15, 0.2) is 36.4 Å². The van der Waals surface area contributed by atoms with E-state index >= 15 is 0 Å². The predicted molar refractivity (Wildman–Crippen MR) is 168 cm³/mol. The molecule has 2 aromatic carbocycles.